The minimum Gasteiger partial charge on any atom is -0.450 e. The Morgan fingerprint density at radius 3 is 1.71 bits per heavy atom. The van der Waals surface area contributed by atoms with Gasteiger partial charge in [0.25, 0.3) is 0 Å². The molecule has 0 radical (unpaired) electrons. The Labute approximate surface area is 38.4 Å². The number of rotatable bonds is 0. The van der Waals surface area contributed by atoms with Crippen molar-refractivity contribution < 1.29 is 15.0 Å². The summed E-state index contributed by atoms with van der Waals surface area (Å²) < 4.78 is 0. The fourth-order valence-electron chi connectivity index (χ4n) is 0. The lowest BCUT2D eigenvalue weighted by molar-refractivity contribution is 0.137. The maximum Gasteiger partial charge on any atom is 0.503 e. The number of nitrogens with zero attached hydrogens (tertiary/aromatic N) is 2. The van der Waals surface area contributed by atoms with Crippen LogP contribution in [0.1, 0.15) is 0 Å². The summed E-state index contributed by atoms with van der Waals surface area (Å²) in [6.45, 7) is 0. The molecule has 0 spiro atoms. The zero-order chi connectivity index (χ0) is 6.28. The molecule has 0 aromatic rings. The van der Waals surface area contributed by atoms with Crippen LogP contribution < -0.4 is 0 Å². The van der Waals surface area contributed by atoms with Crippen molar-refractivity contribution in [1.82, 2.24) is 0 Å². The van der Waals surface area contributed by atoms with Crippen LogP contribution in [0.4, 0.5) is 4.79 Å². The zero-order valence-corrected chi connectivity index (χ0v) is 3.20. The van der Waals surface area contributed by atoms with E-state index < -0.39 is 6.16 Å². The largest absolute Gasteiger partial charge is 0.503 e. The SMILES string of the molecule is O=C(O)O.[N-]=[N+]=N. The molecule has 0 heterocycles. The van der Waals surface area contributed by atoms with Gasteiger partial charge >= 0.3 is 6.16 Å². The molecule has 0 aromatic heterocycles. The second-order valence-corrected chi connectivity index (χ2v) is 0.383. The first-order valence-electron chi connectivity index (χ1n) is 1.07. The highest BCUT2D eigenvalue weighted by Crippen LogP contribution is 1.42. The molecule has 0 aliphatic heterocycles. The van der Waals surface area contributed by atoms with Crippen molar-refractivity contribution in [1.29, 1.82) is 5.53 Å². The van der Waals surface area contributed by atoms with Gasteiger partial charge in [-0.05, 0) is 10.4 Å². The molecular weight excluding hydrogens is 102 g/mol. The quantitative estimate of drug-likeness (QED) is 0.243. The van der Waals surface area contributed by atoms with Gasteiger partial charge in [0.1, 0.15) is 0 Å². The Morgan fingerprint density at radius 1 is 1.71 bits per heavy atom. The lowest BCUT2D eigenvalue weighted by atomic mass is 11.5. The molecule has 0 aromatic carbocycles. The molecule has 0 aliphatic rings. The number of nitrogens with one attached hydrogen (secondary N) is 1. The van der Waals surface area contributed by atoms with Crippen LogP contribution in [0.15, 0.2) is 0 Å². The van der Waals surface area contributed by atoms with Gasteiger partial charge in [-0.3, -0.25) is 0 Å². The van der Waals surface area contributed by atoms with Gasteiger partial charge in [-0.15, -0.1) is 5.53 Å². The lowest BCUT2D eigenvalue weighted by Gasteiger charge is -1.60. The van der Waals surface area contributed by atoms with E-state index >= 15 is 0 Å². The third kappa shape index (κ3) is 15.1. The van der Waals surface area contributed by atoms with E-state index in [0.29, 0.717) is 0 Å². The Balaban J connectivity index is 0. The van der Waals surface area contributed by atoms with Crippen molar-refractivity contribution in [2.45, 2.75) is 0 Å². The predicted octanol–water partition coefficient (Wildman–Crippen LogP) is 1.10. The summed E-state index contributed by atoms with van der Waals surface area (Å²) in [7, 11) is 0. The highest BCUT2D eigenvalue weighted by Gasteiger charge is 1.70. The average molecular weight is 105 g/mol. The van der Waals surface area contributed by atoms with Crippen LogP contribution in [-0.4, -0.2) is 16.4 Å². The summed E-state index contributed by atoms with van der Waals surface area (Å²) in [4.78, 5) is 10.3. The van der Waals surface area contributed by atoms with Gasteiger partial charge in [-0.1, -0.05) is 0 Å². The van der Waals surface area contributed by atoms with Crippen molar-refractivity contribution in [2.75, 3.05) is 0 Å². The normalized spacial score (nSPS) is 4.57. The van der Waals surface area contributed by atoms with Gasteiger partial charge in [0.05, 0.1) is 0 Å². The molecule has 40 valence electrons. The summed E-state index contributed by atoms with van der Waals surface area (Å²) in [5.74, 6) is 0. The van der Waals surface area contributed by atoms with Gasteiger partial charge in [-0.2, -0.15) is 0 Å². The summed E-state index contributed by atoms with van der Waals surface area (Å²) in [5, 5.41) is 13.9. The third-order valence-corrected chi connectivity index (χ3v) is 0. The number of carboxylic acid groups (broad SMARTS) is 2. The summed E-state index contributed by atoms with van der Waals surface area (Å²) in [6, 6.07) is 0. The number of carbonyl (C=O) groups is 1. The molecule has 0 atom stereocenters. The first-order chi connectivity index (χ1) is 3.15. The van der Waals surface area contributed by atoms with Crippen LogP contribution in [0.3, 0.4) is 0 Å². The summed E-state index contributed by atoms with van der Waals surface area (Å²) in [5.41, 5.74) is 12.2. The Morgan fingerprint density at radius 2 is 1.71 bits per heavy atom. The van der Waals surface area contributed by atoms with Gasteiger partial charge in [0, 0.05) is 0 Å². The van der Waals surface area contributed by atoms with Crippen LogP contribution in [0.2, 0.25) is 0 Å². The number of hydrogen-bond donors (Lipinski definition) is 3. The van der Waals surface area contributed by atoms with Gasteiger partial charge < -0.3 is 10.2 Å². The Hall–Kier alpha value is -1.42. The summed E-state index contributed by atoms with van der Waals surface area (Å²) >= 11 is 0. The van der Waals surface area contributed by atoms with Crippen molar-refractivity contribution in [2.24, 2.45) is 0 Å². The molecule has 6 nitrogen and oxygen atoms in total. The van der Waals surface area contributed by atoms with E-state index in [1.807, 2.05) is 0 Å². The molecular formula is CH3N3O3. The Bertz CT molecular complexity index is 78.2. The van der Waals surface area contributed by atoms with Crippen LogP contribution in [0.25, 0.3) is 10.4 Å². The fraction of sp³-hybridized carbons (Fsp3) is 0. The van der Waals surface area contributed by atoms with Gasteiger partial charge in [0.2, 0.25) is 0 Å². The van der Waals surface area contributed by atoms with E-state index in [0.717, 1.165) is 0 Å². The van der Waals surface area contributed by atoms with Crippen LogP contribution in [0, 0.1) is 5.53 Å². The molecule has 7 heavy (non-hydrogen) atoms. The molecule has 0 fully saturated rings. The molecule has 0 aliphatic carbocycles. The maximum absolute atomic E-state index is 8.56. The molecule has 6 heteroatoms. The van der Waals surface area contributed by atoms with Gasteiger partial charge in [-0.25, -0.2) is 4.79 Å². The second kappa shape index (κ2) is 8.82. The Kier molecular flexibility index (Phi) is 11.5. The van der Waals surface area contributed by atoms with E-state index in [9.17, 15) is 0 Å². The lowest BCUT2D eigenvalue weighted by Crippen LogP contribution is -1.81. The van der Waals surface area contributed by atoms with Crippen LogP contribution in [-0.2, 0) is 0 Å². The number of hydrogen-bond acceptors (Lipinski definition) is 2. The highest BCUT2D eigenvalue weighted by molar-refractivity contribution is 5.53. The van der Waals surface area contributed by atoms with Crippen molar-refractivity contribution >= 4 is 6.16 Å². The van der Waals surface area contributed by atoms with Crippen molar-refractivity contribution in [3.05, 3.63) is 10.4 Å². The topological polar surface area (TPSA) is 118 Å². The van der Waals surface area contributed by atoms with Crippen LogP contribution >= 0.6 is 0 Å². The van der Waals surface area contributed by atoms with Crippen molar-refractivity contribution in [3.63, 3.8) is 0 Å². The smallest absolute Gasteiger partial charge is 0.450 e. The fourth-order valence-corrected chi connectivity index (χ4v) is 0. The van der Waals surface area contributed by atoms with E-state index in [2.05, 4.69) is 0 Å². The van der Waals surface area contributed by atoms with Gasteiger partial charge in [0.15, 0.2) is 0 Å². The molecule has 0 bridgehead atoms. The van der Waals surface area contributed by atoms with E-state index in [-0.39, 0.29) is 0 Å². The summed E-state index contributed by atoms with van der Waals surface area (Å²) in [6.07, 6.45) is -1.83. The minimum absolute atomic E-state index is 1.75. The third-order valence-electron chi connectivity index (χ3n) is 0. The molecule has 0 saturated carbocycles. The first-order valence-corrected chi connectivity index (χ1v) is 1.07. The van der Waals surface area contributed by atoms with E-state index in [1.54, 1.807) is 4.91 Å². The minimum atomic E-state index is -1.83. The molecule has 3 N–H and O–H groups in total. The molecule has 0 unspecified atom stereocenters. The first kappa shape index (κ1) is 9.13. The average Bonchev–Trinajstić information content (AvgIpc) is 1.33. The zero-order valence-electron chi connectivity index (χ0n) is 3.20. The molecule has 0 rings (SSSR count). The highest BCUT2D eigenvalue weighted by atomic mass is 16.6. The van der Waals surface area contributed by atoms with Crippen LogP contribution in [0.5, 0.6) is 0 Å². The second-order valence-electron chi connectivity index (χ2n) is 0.383. The predicted molar refractivity (Wildman–Crippen MR) is 20.1 cm³/mol. The maximum atomic E-state index is 8.56. The standard InChI is InChI=1S/CH2O3.HN3/c2-1(3)4;1-3-2/h(H2,2,3,4);1H. The van der Waals surface area contributed by atoms with Crippen molar-refractivity contribution in [3.8, 4) is 0 Å². The van der Waals surface area contributed by atoms with E-state index in [1.165, 1.54) is 0 Å². The molecule has 0 saturated heterocycles. The molecule has 0 amide bonds. The van der Waals surface area contributed by atoms with E-state index in [4.69, 9.17) is 26.1 Å². The monoisotopic (exact) mass is 105 g/mol.